The molecular formula is C20H23N3S. The Bertz CT molecular complexity index is 758. The van der Waals surface area contributed by atoms with Gasteiger partial charge >= 0.3 is 0 Å². The standard InChI is InChI=1S/C20H23N3S/c1-23-13-11-16(12-14-23)21-19(15-7-3-2-4-8-15)20-22-17-9-5-6-10-18(17)24-20/h2-10,16,19,21H,11-14H2,1H3. The van der Waals surface area contributed by atoms with Gasteiger partial charge in [-0.15, -0.1) is 11.3 Å². The van der Waals surface area contributed by atoms with E-state index in [0.717, 1.165) is 5.52 Å². The highest BCUT2D eigenvalue weighted by molar-refractivity contribution is 7.18. The van der Waals surface area contributed by atoms with Gasteiger partial charge in [0, 0.05) is 6.04 Å². The van der Waals surface area contributed by atoms with Crippen LogP contribution in [0.4, 0.5) is 0 Å². The number of rotatable bonds is 4. The number of hydrogen-bond donors (Lipinski definition) is 1. The van der Waals surface area contributed by atoms with Crippen molar-refractivity contribution in [1.29, 1.82) is 0 Å². The third-order valence-electron chi connectivity index (χ3n) is 4.81. The highest BCUT2D eigenvalue weighted by Gasteiger charge is 2.24. The van der Waals surface area contributed by atoms with Crippen LogP contribution in [0.25, 0.3) is 10.2 Å². The molecule has 124 valence electrons. The number of fused-ring (bicyclic) bond motifs is 1. The van der Waals surface area contributed by atoms with Gasteiger partial charge in [-0.1, -0.05) is 42.5 Å². The minimum absolute atomic E-state index is 0.178. The molecular weight excluding hydrogens is 314 g/mol. The molecule has 2 aromatic carbocycles. The van der Waals surface area contributed by atoms with Gasteiger partial charge in [-0.05, 0) is 50.7 Å². The van der Waals surface area contributed by atoms with Crippen molar-refractivity contribution >= 4 is 21.6 Å². The second kappa shape index (κ2) is 7.01. The molecule has 1 atom stereocenters. The van der Waals surface area contributed by atoms with E-state index < -0.39 is 0 Å². The van der Waals surface area contributed by atoms with Gasteiger partial charge in [-0.2, -0.15) is 0 Å². The highest BCUT2D eigenvalue weighted by atomic mass is 32.1. The fourth-order valence-corrected chi connectivity index (χ4v) is 4.44. The van der Waals surface area contributed by atoms with Gasteiger partial charge in [0.2, 0.25) is 0 Å². The molecule has 24 heavy (non-hydrogen) atoms. The smallest absolute Gasteiger partial charge is 0.115 e. The third kappa shape index (κ3) is 3.36. The summed E-state index contributed by atoms with van der Waals surface area (Å²) in [6.45, 7) is 2.33. The van der Waals surface area contributed by atoms with Crippen LogP contribution in [0.5, 0.6) is 0 Å². The molecule has 1 aliphatic heterocycles. The second-order valence-corrected chi connectivity index (χ2v) is 7.67. The van der Waals surface area contributed by atoms with E-state index in [9.17, 15) is 0 Å². The lowest BCUT2D eigenvalue weighted by atomic mass is 10.0. The van der Waals surface area contributed by atoms with Crippen molar-refractivity contribution in [2.24, 2.45) is 0 Å². The summed E-state index contributed by atoms with van der Waals surface area (Å²) in [4.78, 5) is 7.33. The van der Waals surface area contributed by atoms with E-state index in [2.05, 4.69) is 71.9 Å². The Labute approximate surface area is 147 Å². The van der Waals surface area contributed by atoms with Gasteiger partial charge in [-0.3, -0.25) is 0 Å². The first-order valence-electron chi connectivity index (χ1n) is 8.64. The Balaban J connectivity index is 1.65. The SMILES string of the molecule is CN1CCC(NC(c2ccccc2)c2nc3ccccc3s2)CC1. The maximum atomic E-state index is 4.92. The summed E-state index contributed by atoms with van der Waals surface area (Å²) in [7, 11) is 2.21. The van der Waals surface area contributed by atoms with Crippen LogP contribution >= 0.6 is 11.3 Å². The summed E-state index contributed by atoms with van der Waals surface area (Å²) < 4.78 is 1.26. The predicted molar refractivity (Wildman–Crippen MR) is 102 cm³/mol. The summed E-state index contributed by atoms with van der Waals surface area (Å²) in [5, 5.41) is 5.06. The van der Waals surface area contributed by atoms with Crippen molar-refractivity contribution in [2.45, 2.75) is 24.9 Å². The fourth-order valence-electron chi connectivity index (χ4n) is 3.38. The minimum Gasteiger partial charge on any atom is -0.306 e. The lowest BCUT2D eigenvalue weighted by molar-refractivity contribution is 0.229. The lowest BCUT2D eigenvalue weighted by Gasteiger charge is -2.32. The first-order valence-corrected chi connectivity index (χ1v) is 9.46. The summed E-state index contributed by atoms with van der Waals surface area (Å²) >= 11 is 1.81. The number of para-hydroxylation sites is 1. The molecule has 1 fully saturated rings. The largest absolute Gasteiger partial charge is 0.306 e. The van der Waals surface area contributed by atoms with Crippen LogP contribution in [0.15, 0.2) is 54.6 Å². The second-order valence-electron chi connectivity index (χ2n) is 6.61. The molecule has 0 spiro atoms. The quantitative estimate of drug-likeness (QED) is 0.778. The van der Waals surface area contributed by atoms with Crippen molar-refractivity contribution in [3.05, 3.63) is 65.2 Å². The zero-order valence-corrected chi connectivity index (χ0v) is 14.8. The van der Waals surface area contributed by atoms with E-state index in [4.69, 9.17) is 4.98 Å². The number of likely N-dealkylation sites (tertiary alicyclic amines) is 1. The van der Waals surface area contributed by atoms with E-state index >= 15 is 0 Å². The normalized spacial score (nSPS) is 18.0. The Kier molecular flexibility index (Phi) is 4.60. The molecule has 1 N–H and O–H groups in total. The van der Waals surface area contributed by atoms with Crippen LogP contribution in [0.3, 0.4) is 0 Å². The number of hydrogen-bond acceptors (Lipinski definition) is 4. The monoisotopic (exact) mass is 337 g/mol. The van der Waals surface area contributed by atoms with E-state index in [-0.39, 0.29) is 6.04 Å². The lowest BCUT2D eigenvalue weighted by Crippen LogP contribution is -2.42. The minimum atomic E-state index is 0.178. The number of nitrogens with one attached hydrogen (secondary N) is 1. The van der Waals surface area contributed by atoms with Crippen LogP contribution in [0.1, 0.15) is 29.5 Å². The fraction of sp³-hybridized carbons (Fsp3) is 0.350. The summed E-state index contributed by atoms with van der Waals surface area (Å²) in [5.41, 5.74) is 2.40. The van der Waals surface area contributed by atoms with Gasteiger partial charge in [0.25, 0.3) is 0 Å². The third-order valence-corrected chi connectivity index (χ3v) is 5.91. The Morgan fingerprint density at radius 1 is 1.04 bits per heavy atom. The molecule has 0 bridgehead atoms. The first-order chi connectivity index (χ1) is 11.8. The zero-order chi connectivity index (χ0) is 16.4. The Hall–Kier alpha value is -1.75. The number of piperidine rings is 1. The first kappa shape index (κ1) is 15.8. The van der Waals surface area contributed by atoms with Crippen molar-refractivity contribution in [3.63, 3.8) is 0 Å². The Morgan fingerprint density at radius 2 is 1.75 bits per heavy atom. The molecule has 0 saturated carbocycles. The van der Waals surface area contributed by atoms with Gasteiger partial charge < -0.3 is 10.2 Å². The van der Waals surface area contributed by atoms with Gasteiger partial charge in [0.15, 0.2) is 0 Å². The van der Waals surface area contributed by atoms with Crippen molar-refractivity contribution < 1.29 is 0 Å². The summed E-state index contributed by atoms with van der Waals surface area (Å²) in [5.74, 6) is 0. The predicted octanol–water partition coefficient (Wildman–Crippen LogP) is 4.07. The molecule has 1 aliphatic rings. The molecule has 3 aromatic rings. The number of aromatic nitrogens is 1. The molecule has 3 nitrogen and oxygen atoms in total. The average Bonchev–Trinajstić information content (AvgIpc) is 3.06. The van der Waals surface area contributed by atoms with E-state index in [0.29, 0.717) is 6.04 Å². The van der Waals surface area contributed by atoms with Crippen LogP contribution in [-0.2, 0) is 0 Å². The summed E-state index contributed by atoms with van der Waals surface area (Å²) in [6.07, 6.45) is 2.40. The van der Waals surface area contributed by atoms with E-state index in [1.165, 1.54) is 41.2 Å². The molecule has 4 heteroatoms. The molecule has 0 amide bonds. The molecule has 1 saturated heterocycles. The molecule has 1 aromatic heterocycles. The van der Waals surface area contributed by atoms with E-state index in [1.54, 1.807) is 11.3 Å². The summed E-state index contributed by atoms with van der Waals surface area (Å²) in [6, 6.07) is 19.9. The number of benzene rings is 2. The van der Waals surface area contributed by atoms with Crippen LogP contribution in [-0.4, -0.2) is 36.1 Å². The molecule has 1 unspecified atom stereocenters. The molecule has 0 aliphatic carbocycles. The maximum absolute atomic E-state index is 4.92. The molecule has 4 rings (SSSR count). The van der Waals surface area contributed by atoms with Crippen LogP contribution in [0.2, 0.25) is 0 Å². The highest BCUT2D eigenvalue weighted by Crippen LogP contribution is 2.31. The molecule has 2 heterocycles. The van der Waals surface area contributed by atoms with Crippen molar-refractivity contribution in [2.75, 3.05) is 20.1 Å². The topological polar surface area (TPSA) is 28.2 Å². The number of nitrogens with zero attached hydrogens (tertiary/aromatic N) is 2. The number of thiazole rings is 1. The zero-order valence-electron chi connectivity index (χ0n) is 14.0. The van der Waals surface area contributed by atoms with Gasteiger partial charge in [0.05, 0.1) is 16.3 Å². The van der Waals surface area contributed by atoms with Crippen LogP contribution in [0, 0.1) is 0 Å². The van der Waals surface area contributed by atoms with Gasteiger partial charge in [0.1, 0.15) is 5.01 Å². The van der Waals surface area contributed by atoms with Crippen LogP contribution < -0.4 is 5.32 Å². The van der Waals surface area contributed by atoms with Crippen molar-refractivity contribution in [1.82, 2.24) is 15.2 Å². The van der Waals surface area contributed by atoms with Crippen molar-refractivity contribution in [3.8, 4) is 0 Å². The molecule has 0 radical (unpaired) electrons. The Morgan fingerprint density at radius 3 is 2.50 bits per heavy atom. The average molecular weight is 337 g/mol. The maximum Gasteiger partial charge on any atom is 0.115 e. The van der Waals surface area contributed by atoms with E-state index in [1.807, 2.05) is 0 Å². The van der Waals surface area contributed by atoms with Gasteiger partial charge in [-0.25, -0.2) is 4.98 Å².